The molecule has 1 aromatic heterocycles. The van der Waals surface area contributed by atoms with E-state index in [0.717, 1.165) is 48.4 Å². The Balaban J connectivity index is 1.59. The lowest BCUT2D eigenvalue weighted by Crippen LogP contribution is -2.33. The van der Waals surface area contributed by atoms with Gasteiger partial charge in [-0.2, -0.15) is 0 Å². The van der Waals surface area contributed by atoms with Crippen molar-refractivity contribution in [3.8, 4) is 5.75 Å². The molecule has 5 nitrogen and oxygen atoms in total. The van der Waals surface area contributed by atoms with Gasteiger partial charge in [-0.1, -0.05) is 31.2 Å². The highest BCUT2D eigenvalue weighted by Crippen LogP contribution is 2.33. The molecule has 1 aliphatic heterocycles. The van der Waals surface area contributed by atoms with E-state index in [1.807, 2.05) is 41.3 Å². The van der Waals surface area contributed by atoms with Crippen molar-refractivity contribution in [3.05, 3.63) is 59.9 Å². The summed E-state index contributed by atoms with van der Waals surface area (Å²) >= 11 is 0. The molecule has 3 aromatic rings. The van der Waals surface area contributed by atoms with Gasteiger partial charge in [0.1, 0.15) is 18.1 Å². The molecule has 2 heterocycles. The minimum atomic E-state index is 0.142. The SMILES string of the molecule is CCc1nc2ccccc2n1CC(=O)N1CCCC1c1ccc(OC)cc1. The van der Waals surface area contributed by atoms with Crippen molar-refractivity contribution in [1.82, 2.24) is 14.5 Å². The molecule has 0 radical (unpaired) electrons. The molecule has 1 atom stereocenters. The first-order valence-corrected chi connectivity index (χ1v) is 9.59. The van der Waals surface area contributed by atoms with Crippen LogP contribution in [0, 0.1) is 0 Å². The number of fused-ring (bicyclic) bond motifs is 1. The van der Waals surface area contributed by atoms with Crippen LogP contribution < -0.4 is 4.74 Å². The third kappa shape index (κ3) is 3.29. The number of imidazole rings is 1. The van der Waals surface area contributed by atoms with Crippen LogP contribution in [0.5, 0.6) is 5.75 Å². The molecule has 0 bridgehead atoms. The van der Waals surface area contributed by atoms with Crippen molar-refractivity contribution in [1.29, 1.82) is 0 Å². The molecule has 2 aromatic carbocycles. The first-order chi connectivity index (χ1) is 13.2. The largest absolute Gasteiger partial charge is 0.497 e. The average molecular weight is 363 g/mol. The van der Waals surface area contributed by atoms with E-state index < -0.39 is 0 Å². The Morgan fingerprint density at radius 2 is 1.96 bits per heavy atom. The van der Waals surface area contributed by atoms with Gasteiger partial charge in [0.25, 0.3) is 0 Å². The second-order valence-corrected chi connectivity index (χ2v) is 6.97. The van der Waals surface area contributed by atoms with Gasteiger partial charge < -0.3 is 14.2 Å². The number of carbonyl (C=O) groups is 1. The fourth-order valence-electron chi connectivity index (χ4n) is 4.04. The molecule has 1 saturated heterocycles. The van der Waals surface area contributed by atoms with Gasteiger partial charge in [0, 0.05) is 13.0 Å². The van der Waals surface area contributed by atoms with E-state index in [9.17, 15) is 4.79 Å². The van der Waals surface area contributed by atoms with Crippen molar-refractivity contribution >= 4 is 16.9 Å². The molecule has 5 heteroatoms. The van der Waals surface area contributed by atoms with E-state index in [-0.39, 0.29) is 11.9 Å². The van der Waals surface area contributed by atoms with Gasteiger partial charge in [0.2, 0.25) is 5.91 Å². The van der Waals surface area contributed by atoms with Crippen molar-refractivity contribution in [2.45, 2.75) is 38.8 Å². The Labute approximate surface area is 159 Å². The molecule has 4 rings (SSSR count). The second-order valence-electron chi connectivity index (χ2n) is 6.97. The van der Waals surface area contributed by atoms with Gasteiger partial charge >= 0.3 is 0 Å². The van der Waals surface area contributed by atoms with Crippen molar-refractivity contribution in [2.24, 2.45) is 0 Å². The Morgan fingerprint density at radius 3 is 2.70 bits per heavy atom. The third-order valence-electron chi connectivity index (χ3n) is 5.42. The Morgan fingerprint density at radius 1 is 1.19 bits per heavy atom. The van der Waals surface area contributed by atoms with Gasteiger partial charge in [0.15, 0.2) is 0 Å². The van der Waals surface area contributed by atoms with Gasteiger partial charge in [0.05, 0.1) is 24.2 Å². The summed E-state index contributed by atoms with van der Waals surface area (Å²) in [5.74, 6) is 1.96. The topological polar surface area (TPSA) is 47.4 Å². The summed E-state index contributed by atoms with van der Waals surface area (Å²) in [6.45, 7) is 3.23. The highest BCUT2D eigenvalue weighted by molar-refractivity contribution is 5.81. The molecule has 1 fully saturated rings. The molecule has 0 N–H and O–H groups in total. The Bertz CT molecular complexity index is 946. The summed E-state index contributed by atoms with van der Waals surface area (Å²) in [4.78, 5) is 19.9. The molecule has 140 valence electrons. The summed E-state index contributed by atoms with van der Waals surface area (Å²) in [6.07, 6.45) is 2.85. The van der Waals surface area contributed by atoms with E-state index in [4.69, 9.17) is 4.74 Å². The number of nitrogens with zero attached hydrogens (tertiary/aromatic N) is 3. The molecule has 1 amide bonds. The molecular formula is C22H25N3O2. The van der Waals surface area contributed by atoms with Gasteiger partial charge in [-0.15, -0.1) is 0 Å². The number of hydrogen-bond acceptors (Lipinski definition) is 3. The van der Waals surface area contributed by atoms with Gasteiger partial charge in [-0.05, 0) is 42.7 Å². The molecule has 27 heavy (non-hydrogen) atoms. The quantitative estimate of drug-likeness (QED) is 0.689. The van der Waals surface area contributed by atoms with Crippen LogP contribution >= 0.6 is 0 Å². The van der Waals surface area contributed by atoms with Crippen molar-refractivity contribution < 1.29 is 9.53 Å². The zero-order chi connectivity index (χ0) is 18.8. The highest BCUT2D eigenvalue weighted by Gasteiger charge is 2.30. The number of para-hydroxylation sites is 2. The molecule has 0 saturated carbocycles. The summed E-state index contributed by atoms with van der Waals surface area (Å²) < 4.78 is 7.32. The number of methoxy groups -OCH3 is 1. The molecule has 0 spiro atoms. The number of likely N-dealkylation sites (tertiary alicyclic amines) is 1. The van der Waals surface area contributed by atoms with E-state index in [1.165, 1.54) is 5.56 Å². The van der Waals surface area contributed by atoms with Crippen LogP contribution in [0.25, 0.3) is 11.0 Å². The molecular weight excluding hydrogens is 338 g/mol. The normalized spacial score (nSPS) is 16.8. The number of carbonyl (C=O) groups excluding carboxylic acids is 1. The first-order valence-electron chi connectivity index (χ1n) is 9.59. The summed E-state index contributed by atoms with van der Waals surface area (Å²) in [5.41, 5.74) is 3.16. The van der Waals surface area contributed by atoms with E-state index in [1.54, 1.807) is 7.11 Å². The first kappa shape index (κ1) is 17.6. The van der Waals surface area contributed by atoms with Crippen LogP contribution in [0.1, 0.15) is 37.2 Å². The van der Waals surface area contributed by atoms with Crippen LogP contribution in [-0.2, 0) is 17.8 Å². The highest BCUT2D eigenvalue weighted by atomic mass is 16.5. The van der Waals surface area contributed by atoms with E-state index in [2.05, 4.69) is 28.6 Å². The third-order valence-corrected chi connectivity index (χ3v) is 5.42. The zero-order valence-electron chi connectivity index (χ0n) is 15.9. The van der Waals surface area contributed by atoms with Crippen LogP contribution in [0.3, 0.4) is 0 Å². The van der Waals surface area contributed by atoms with Crippen LogP contribution in [0.4, 0.5) is 0 Å². The minimum absolute atomic E-state index is 0.142. The van der Waals surface area contributed by atoms with Crippen LogP contribution in [-0.4, -0.2) is 34.0 Å². The monoisotopic (exact) mass is 363 g/mol. The summed E-state index contributed by atoms with van der Waals surface area (Å²) in [6, 6.07) is 16.2. The average Bonchev–Trinajstić information content (AvgIpc) is 3.33. The number of aryl methyl sites for hydroxylation is 1. The zero-order valence-corrected chi connectivity index (χ0v) is 15.9. The molecule has 1 unspecified atom stereocenters. The lowest BCUT2D eigenvalue weighted by Gasteiger charge is -2.26. The summed E-state index contributed by atoms with van der Waals surface area (Å²) in [5, 5.41) is 0. The number of ether oxygens (including phenoxy) is 1. The number of aromatic nitrogens is 2. The van der Waals surface area contributed by atoms with E-state index in [0.29, 0.717) is 6.54 Å². The second kappa shape index (κ2) is 7.43. The maximum absolute atomic E-state index is 13.2. The molecule has 0 aliphatic carbocycles. The predicted octanol–water partition coefficient (Wildman–Crippen LogP) is 3.97. The number of benzene rings is 2. The van der Waals surface area contributed by atoms with Crippen molar-refractivity contribution in [2.75, 3.05) is 13.7 Å². The number of rotatable bonds is 5. The summed E-state index contributed by atoms with van der Waals surface area (Å²) in [7, 11) is 1.67. The lowest BCUT2D eigenvalue weighted by molar-refractivity contribution is -0.132. The maximum Gasteiger partial charge on any atom is 0.243 e. The Hall–Kier alpha value is -2.82. The number of amides is 1. The lowest BCUT2D eigenvalue weighted by atomic mass is 10.0. The fourth-order valence-corrected chi connectivity index (χ4v) is 4.04. The predicted molar refractivity (Wildman–Crippen MR) is 106 cm³/mol. The standard InChI is InChI=1S/C22H25N3O2/c1-3-21-23-18-7-4-5-8-20(18)25(21)15-22(26)24-14-6-9-19(24)16-10-12-17(27-2)13-11-16/h4-5,7-8,10-13,19H,3,6,9,14-15H2,1-2H3. The minimum Gasteiger partial charge on any atom is -0.497 e. The number of hydrogen-bond donors (Lipinski definition) is 0. The fraction of sp³-hybridized carbons (Fsp3) is 0.364. The molecule has 1 aliphatic rings. The smallest absolute Gasteiger partial charge is 0.243 e. The van der Waals surface area contributed by atoms with Gasteiger partial charge in [-0.3, -0.25) is 4.79 Å². The van der Waals surface area contributed by atoms with Crippen LogP contribution in [0.15, 0.2) is 48.5 Å². The van der Waals surface area contributed by atoms with Gasteiger partial charge in [-0.25, -0.2) is 4.98 Å². The van der Waals surface area contributed by atoms with Crippen molar-refractivity contribution in [3.63, 3.8) is 0 Å². The maximum atomic E-state index is 13.2. The Kier molecular flexibility index (Phi) is 4.84. The van der Waals surface area contributed by atoms with Crippen LogP contribution in [0.2, 0.25) is 0 Å². The van der Waals surface area contributed by atoms with E-state index >= 15 is 0 Å².